The van der Waals surface area contributed by atoms with Crippen molar-refractivity contribution in [3.8, 4) is 11.1 Å². The number of nitrogens with one attached hydrogen (secondary N) is 1. The van der Waals surface area contributed by atoms with Gasteiger partial charge in [-0.15, -0.1) is 0 Å². The van der Waals surface area contributed by atoms with Crippen LogP contribution in [0.1, 0.15) is 5.56 Å². The highest BCUT2D eigenvalue weighted by Gasteiger charge is 2.13. The van der Waals surface area contributed by atoms with Gasteiger partial charge >= 0.3 is 0 Å². The Kier molecular flexibility index (Phi) is 2.66. The highest BCUT2D eigenvalue weighted by molar-refractivity contribution is 6.07. The molecule has 1 aromatic carbocycles. The van der Waals surface area contributed by atoms with Gasteiger partial charge in [-0.25, -0.2) is 0 Å². The van der Waals surface area contributed by atoms with E-state index >= 15 is 0 Å². The van der Waals surface area contributed by atoms with E-state index < -0.39 is 0 Å². The molecular weight excluding hydrogens is 274 g/mol. The van der Waals surface area contributed by atoms with Crippen molar-refractivity contribution in [2.75, 3.05) is 0 Å². The van der Waals surface area contributed by atoms with Crippen LogP contribution < -0.4 is 5.56 Å². The average molecular weight is 289 g/mol. The zero-order valence-corrected chi connectivity index (χ0v) is 12.4. The third-order valence-corrected chi connectivity index (χ3v) is 4.11. The first-order chi connectivity index (χ1) is 10.6. The summed E-state index contributed by atoms with van der Waals surface area (Å²) >= 11 is 0. The topological polar surface area (TPSA) is 50.7 Å². The normalized spacial score (nSPS) is 11.4. The molecule has 0 unspecified atom stereocenters. The zero-order valence-electron chi connectivity index (χ0n) is 12.4. The summed E-state index contributed by atoms with van der Waals surface area (Å²) in [5.74, 6) is 0. The van der Waals surface area contributed by atoms with Gasteiger partial charge in [0.2, 0.25) is 0 Å². The molecule has 1 N–H and O–H groups in total. The second kappa shape index (κ2) is 4.56. The lowest BCUT2D eigenvalue weighted by Gasteiger charge is -2.05. The van der Waals surface area contributed by atoms with E-state index in [0.717, 1.165) is 27.5 Å². The van der Waals surface area contributed by atoms with E-state index in [9.17, 15) is 4.79 Å². The average Bonchev–Trinajstić information content (AvgIpc) is 2.90. The van der Waals surface area contributed by atoms with Gasteiger partial charge in [0, 0.05) is 46.9 Å². The number of aromatic nitrogens is 3. The SMILES string of the molecule is Cc1ccc2[nH]c3c(cc(-c4cccnc4)c(=O)n3C)c2c1. The van der Waals surface area contributed by atoms with Gasteiger partial charge in [-0.1, -0.05) is 17.7 Å². The number of nitrogens with zero attached hydrogens (tertiary/aromatic N) is 2. The fraction of sp³-hybridized carbons (Fsp3) is 0.111. The number of aromatic amines is 1. The first kappa shape index (κ1) is 12.8. The fourth-order valence-corrected chi connectivity index (χ4v) is 2.94. The summed E-state index contributed by atoms with van der Waals surface area (Å²) in [5, 5.41) is 2.19. The lowest BCUT2D eigenvalue weighted by Crippen LogP contribution is -2.18. The van der Waals surface area contributed by atoms with E-state index in [0.29, 0.717) is 5.56 Å². The molecule has 0 fully saturated rings. The molecule has 0 aliphatic carbocycles. The van der Waals surface area contributed by atoms with Crippen molar-refractivity contribution in [1.29, 1.82) is 0 Å². The van der Waals surface area contributed by atoms with Gasteiger partial charge in [0.1, 0.15) is 5.65 Å². The second-order valence-corrected chi connectivity index (χ2v) is 5.60. The molecule has 0 aliphatic rings. The standard InChI is InChI=1S/C18H15N3O/c1-11-5-6-16-14(8-11)15-9-13(12-4-3-7-19-10-12)18(22)21(2)17(15)20-16/h3-10,20H,1-2H3. The lowest BCUT2D eigenvalue weighted by atomic mass is 10.1. The van der Waals surface area contributed by atoms with Gasteiger partial charge in [-0.05, 0) is 31.2 Å². The molecule has 4 rings (SSSR count). The van der Waals surface area contributed by atoms with Crippen LogP contribution in [0.5, 0.6) is 0 Å². The Morgan fingerprint density at radius 2 is 2.00 bits per heavy atom. The molecule has 4 aromatic rings. The quantitative estimate of drug-likeness (QED) is 0.584. The Morgan fingerprint density at radius 3 is 2.77 bits per heavy atom. The van der Waals surface area contributed by atoms with Crippen molar-refractivity contribution >= 4 is 21.9 Å². The molecule has 0 aliphatic heterocycles. The van der Waals surface area contributed by atoms with Crippen LogP contribution in [0.25, 0.3) is 33.1 Å². The summed E-state index contributed by atoms with van der Waals surface area (Å²) in [6.07, 6.45) is 3.43. The minimum atomic E-state index is -0.0243. The van der Waals surface area contributed by atoms with Crippen molar-refractivity contribution in [1.82, 2.24) is 14.5 Å². The molecule has 0 radical (unpaired) electrons. The number of rotatable bonds is 1. The molecule has 108 valence electrons. The van der Waals surface area contributed by atoms with E-state index in [4.69, 9.17) is 0 Å². The number of aryl methyl sites for hydroxylation is 2. The van der Waals surface area contributed by atoms with E-state index in [2.05, 4.69) is 35.1 Å². The number of hydrogen-bond donors (Lipinski definition) is 1. The maximum Gasteiger partial charge on any atom is 0.259 e. The lowest BCUT2D eigenvalue weighted by molar-refractivity contribution is 0.896. The largest absolute Gasteiger partial charge is 0.341 e. The monoisotopic (exact) mass is 289 g/mol. The molecule has 4 nitrogen and oxygen atoms in total. The molecule has 0 atom stereocenters. The van der Waals surface area contributed by atoms with Gasteiger partial charge < -0.3 is 4.98 Å². The van der Waals surface area contributed by atoms with Gasteiger partial charge in [0.25, 0.3) is 5.56 Å². The van der Waals surface area contributed by atoms with Crippen LogP contribution in [0.3, 0.4) is 0 Å². The zero-order chi connectivity index (χ0) is 15.3. The number of H-pyrrole nitrogens is 1. The molecule has 22 heavy (non-hydrogen) atoms. The molecule has 0 spiro atoms. The third kappa shape index (κ3) is 1.77. The first-order valence-corrected chi connectivity index (χ1v) is 7.17. The minimum Gasteiger partial charge on any atom is -0.341 e. The van der Waals surface area contributed by atoms with Crippen molar-refractivity contribution in [3.63, 3.8) is 0 Å². The number of fused-ring (bicyclic) bond motifs is 3. The van der Waals surface area contributed by atoms with Crippen LogP contribution in [0, 0.1) is 6.92 Å². The van der Waals surface area contributed by atoms with Crippen molar-refractivity contribution < 1.29 is 0 Å². The van der Waals surface area contributed by atoms with E-state index in [1.54, 1.807) is 24.0 Å². The van der Waals surface area contributed by atoms with Gasteiger partial charge in [-0.2, -0.15) is 0 Å². The highest BCUT2D eigenvalue weighted by Crippen LogP contribution is 2.28. The predicted octanol–water partition coefficient (Wildman–Crippen LogP) is 3.39. The fourth-order valence-electron chi connectivity index (χ4n) is 2.94. The highest BCUT2D eigenvalue weighted by atomic mass is 16.1. The van der Waals surface area contributed by atoms with E-state index in [1.165, 1.54) is 5.56 Å². The molecule has 0 saturated carbocycles. The van der Waals surface area contributed by atoms with Crippen molar-refractivity contribution in [2.24, 2.45) is 7.05 Å². The van der Waals surface area contributed by atoms with Gasteiger partial charge in [0.05, 0.1) is 0 Å². The first-order valence-electron chi connectivity index (χ1n) is 7.17. The Morgan fingerprint density at radius 1 is 1.14 bits per heavy atom. The number of benzene rings is 1. The summed E-state index contributed by atoms with van der Waals surface area (Å²) in [6.45, 7) is 2.07. The molecule has 3 aromatic heterocycles. The molecular formula is C18H15N3O. The van der Waals surface area contributed by atoms with Crippen LogP contribution in [-0.2, 0) is 7.05 Å². The third-order valence-electron chi connectivity index (χ3n) is 4.11. The van der Waals surface area contributed by atoms with Gasteiger partial charge in [0.15, 0.2) is 0 Å². The number of pyridine rings is 2. The maximum absolute atomic E-state index is 12.6. The number of hydrogen-bond acceptors (Lipinski definition) is 2. The maximum atomic E-state index is 12.6. The van der Waals surface area contributed by atoms with Crippen LogP contribution in [0.15, 0.2) is 53.6 Å². The summed E-state index contributed by atoms with van der Waals surface area (Å²) < 4.78 is 1.67. The Bertz CT molecular complexity index is 1060. The Hall–Kier alpha value is -2.88. The van der Waals surface area contributed by atoms with Gasteiger partial charge in [-0.3, -0.25) is 14.3 Å². The van der Waals surface area contributed by atoms with Crippen LogP contribution in [0.2, 0.25) is 0 Å². The Labute approximate surface area is 127 Å². The van der Waals surface area contributed by atoms with Crippen LogP contribution >= 0.6 is 0 Å². The predicted molar refractivity (Wildman–Crippen MR) is 89.0 cm³/mol. The van der Waals surface area contributed by atoms with Crippen molar-refractivity contribution in [2.45, 2.75) is 6.92 Å². The molecule has 4 heteroatoms. The summed E-state index contributed by atoms with van der Waals surface area (Å²) in [7, 11) is 1.80. The summed E-state index contributed by atoms with van der Waals surface area (Å²) in [4.78, 5) is 20.1. The van der Waals surface area contributed by atoms with Crippen molar-refractivity contribution in [3.05, 3.63) is 64.7 Å². The van der Waals surface area contributed by atoms with E-state index in [-0.39, 0.29) is 5.56 Å². The molecule has 0 amide bonds. The molecule has 0 saturated heterocycles. The van der Waals surface area contributed by atoms with Crippen LogP contribution in [-0.4, -0.2) is 14.5 Å². The molecule has 3 heterocycles. The summed E-state index contributed by atoms with van der Waals surface area (Å²) in [6, 6.07) is 12.0. The smallest absolute Gasteiger partial charge is 0.259 e. The minimum absolute atomic E-state index is 0.0243. The summed E-state index contributed by atoms with van der Waals surface area (Å²) in [5.41, 5.74) is 4.57. The molecule has 0 bridgehead atoms. The Balaban J connectivity index is 2.16. The van der Waals surface area contributed by atoms with Crippen LogP contribution in [0.4, 0.5) is 0 Å². The van der Waals surface area contributed by atoms with E-state index in [1.807, 2.05) is 18.2 Å². The second-order valence-electron chi connectivity index (χ2n) is 5.60.